The molecule has 1 aliphatic heterocycles. The minimum atomic E-state index is 0.127. The Balaban J connectivity index is 2.67. The molecular weight excluding hydrogens is 158 g/mol. The van der Waals surface area contributed by atoms with Crippen LogP contribution in [0.3, 0.4) is 0 Å². The first-order valence-electron chi connectivity index (χ1n) is 3.97. The molecule has 0 bridgehead atoms. The molecule has 3 heteroatoms. The normalized spacial score (nSPS) is 32.1. The van der Waals surface area contributed by atoms with Gasteiger partial charge in [0.15, 0.2) is 0 Å². The Kier molecular flexibility index (Phi) is 2.47. The summed E-state index contributed by atoms with van der Waals surface area (Å²) in [5.74, 6) is 1.20. The van der Waals surface area contributed by atoms with Crippen molar-refractivity contribution in [3.8, 4) is 0 Å². The Morgan fingerprint density at radius 2 is 2.18 bits per heavy atom. The first kappa shape index (κ1) is 8.91. The number of likely N-dealkylation sites (tertiary alicyclic amines) is 1. The third-order valence-corrected chi connectivity index (χ3v) is 3.17. The lowest BCUT2D eigenvalue weighted by molar-refractivity contribution is -0.126. The van der Waals surface area contributed by atoms with Crippen molar-refractivity contribution in [3.05, 3.63) is 0 Å². The molecule has 0 aromatic heterocycles. The van der Waals surface area contributed by atoms with Gasteiger partial charge in [-0.15, -0.1) is 0 Å². The summed E-state index contributed by atoms with van der Waals surface area (Å²) < 4.78 is 0. The number of rotatable bonds is 1. The maximum atomic E-state index is 11.2. The predicted molar refractivity (Wildman–Crippen MR) is 48.5 cm³/mol. The van der Waals surface area contributed by atoms with Gasteiger partial charge >= 0.3 is 0 Å². The fourth-order valence-corrected chi connectivity index (χ4v) is 2.04. The van der Waals surface area contributed by atoms with Gasteiger partial charge in [-0.05, 0) is 11.8 Å². The number of hydrogen-bond acceptors (Lipinski definition) is 2. The molecule has 0 aromatic carbocycles. The van der Waals surface area contributed by atoms with Gasteiger partial charge in [-0.2, -0.15) is 12.6 Å². The van der Waals surface area contributed by atoms with E-state index in [1.54, 1.807) is 4.90 Å². The zero-order valence-corrected chi connectivity index (χ0v) is 8.14. The van der Waals surface area contributed by atoms with E-state index in [1.165, 1.54) is 0 Å². The zero-order chi connectivity index (χ0) is 8.59. The smallest absolute Gasteiger partial charge is 0.223 e. The quantitative estimate of drug-likeness (QED) is 0.594. The number of carbonyl (C=O) groups is 1. The van der Waals surface area contributed by atoms with Gasteiger partial charge in [0, 0.05) is 13.5 Å². The summed E-state index contributed by atoms with van der Waals surface area (Å²) >= 11 is 4.39. The van der Waals surface area contributed by atoms with Crippen LogP contribution in [0.5, 0.6) is 0 Å². The SMILES string of the molecule is CC(C)[C@@H]1CC(=O)N(C)C1S. The highest BCUT2D eigenvalue weighted by molar-refractivity contribution is 7.80. The number of amides is 1. The molecule has 1 unspecified atom stereocenters. The second kappa shape index (κ2) is 3.05. The highest BCUT2D eigenvalue weighted by Gasteiger charge is 2.36. The molecule has 1 heterocycles. The van der Waals surface area contributed by atoms with E-state index in [9.17, 15) is 4.79 Å². The Bertz CT molecular complexity index is 169. The van der Waals surface area contributed by atoms with Crippen LogP contribution in [-0.4, -0.2) is 23.2 Å². The lowest BCUT2D eigenvalue weighted by atomic mass is 9.95. The van der Waals surface area contributed by atoms with Crippen molar-refractivity contribution < 1.29 is 4.79 Å². The van der Waals surface area contributed by atoms with Gasteiger partial charge in [0.1, 0.15) is 0 Å². The number of nitrogens with zero attached hydrogens (tertiary/aromatic N) is 1. The third-order valence-electron chi connectivity index (χ3n) is 2.44. The molecule has 1 aliphatic rings. The van der Waals surface area contributed by atoms with E-state index in [-0.39, 0.29) is 11.3 Å². The lowest BCUT2D eigenvalue weighted by Crippen LogP contribution is -2.28. The van der Waals surface area contributed by atoms with Gasteiger partial charge in [-0.25, -0.2) is 0 Å². The minimum Gasteiger partial charge on any atom is -0.334 e. The van der Waals surface area contributed by atoms with Crippen LogP contribution in [0.15, 0.2) is 0 Å². The zero-order valence-electron chi connectivity index (χ0n) is 7.24. The van der Waals surface area contributed by atoms with Crippen molar-refractivity contribution in [2.24, 2.45) is 11.8 Å². The van der Waals surface area contributed by atoms with Crippen LogP contribution >= 0.6 is 12.6 Å². The van der Waals surface area contributed by atoms with Crippen molar-refractivity contribution in [1.82, 2.24) is 4.90 Å². The van der Waals surface area contributed by atoms with Crippen LogP contribution in [-0.2, 0) is 4.79 Å². The first-order chi connectivity index (χ1) is 5.04. The Labute approximate surface area is 73.4 Å². The van der Waals surface area contributed by atoms with Crippen molar-refractivity contribution in [2.75, 3.05) is 7.05 Å². The van der Waals surface area contributed by atoms with Crippen LogP contribution in [0.1, 0.15) is 20.3 Å². The van der Waals surface area contributed by atoms with Gasteiger partial charge in [-0.3, -0.25) is 4.79 Å². The number of carbonyl (C=O) groups excluding carboxylic acids is 1. The average molecular weight is 173 g/mol. The molecule has 0 spiro atoms. The van der Waals surface area contributed by atoms with Crippen LogP contribution in [0.25, 0.3) is 0 Å². The molecule has 11 heavy (non-hydrogen) atoms. The molecule has 2 atom stereocenters. The molecule has 2 nitrogen and oxygen atoms in total. The van der Waals surface area contributed by atoms with Crippen molar-refractivity contribution in [1.29, 1.82) is 0 Å². The molecule has 1 saturated heterocycles. The Morgan fingerprint density at radius 1 is 1.64 bits per heavy atom. The molecular formula is C8H15NOS. The van der Waals surface area contributed by atoms with Gasteiger partial charge < -0.3 is 4.90 Å². The third kappa shape index (κ3) is 1.53. The van der Waals surface area contributed by atoms with Crippen LogP contribution < -0.4 is 0 Å². The van der Waals surface area contributed by atoms with E-state index >= 15 is 0 Å². The Hall–Kier alpha value is -0.180. The van der Waals surface area contributed by atoms with Crippen LogP contribution in [0, 0.1) is 11.8 Å². The summed E-state index contributed by atoms with van der Waals surface area (Å²) in [7, 11) is 1.82. The second-order valence-electron chi connectivity index (χ2n) is 3.53. The molecule has 64 valence electrons. The standard InChI is InChI=1S/C8H15NOS/c1-5(2)6-4-7(10)9(3)8(6)11/h5-6,8,11H,4H2,1-3H3/t6-,8?/m0/s1. The van der Waals surface area contributed by atoms with E-state index in [2.05, 4.69) is 26.5 Å². The summed E-state index contributed by atoms with van der Waals surface area (Å²) in [6, 6.07) is 0. The first-order valence-corrected chi connectivity index (χ1v) is 4.49. The lowest BCUT2D eigenvalue weighted by Gasteiger charge is -2.21. The van der Waals surface area contributed by atoms with Gasteiger partial charge in [0.25, 0.3) is 0 Å². The maximum Gasteiger partial charge on any atom is 0.223 e. The molecule has 0 aromatic rings. The van der Waals surface area contributed by atoms with E-state index in [0.717, 1.165) is 0 Å². The fourth-order valence-electron chi connectivity index (χ4n) is 1.47. The van der Waals surface area contributed by atoms with E-state index in [1.807, 2.05) is 7.05 Å². The largest absolute Gasteiger partial charge is 0.334 e. The molecule has 1 fully saturated rings. The molecule has 1 amide bonds. The van der Waals surface area contributed by atoms with E-state index in [0.29, 0.717) is 18.3 Å². The van der Waals surface area contributed by atoms with Gasteiger partial charge in [0.05, 0.1) is 5.37 Å². The van der Waals surface area contributed by atoms with Gasteiger partial charge in [-0.1, -0.05) is 13.8 Å². The summed E-state index contributed by atoms with van der Waals surface area (Å²) in [6.07, 6.45) is 0.669. The molecule has 0 saturated carbocycles. The van der Waals surface area contributed by atoms with Crippen LogP contribution in [0.4, 0.5) is 0 Å². The summed E-state index contributed by atoms with van der Waals surface area (Å²) in [4.78, 5) is 12.9. The maximum absolute atomic E-state index is 11.2. The van der Waals surface area contributed by atoms with Gasteiger partial charge in [0.2, 0.25) is 5.91 Å². The number of thiol groups is 1. The topological polar surface area (TPSA) is 20.3 Å². The Morgan fingerprint density at radius 3 is 2.36 bits per heavy atom. The molecule has 1 rings (SSSR count). The average Bonchev–Trinajstić information content (AvgIpc) is 2.17. The summed E-state index contributed by atoms with van der Waals surface area (Å²) in [5, 5.41) is 0.127. The highest BCUT2D eigenvalue weighted by Crippen LogP contribution is 2.31. The van der Waals surface area contributed by atoms with Crippen molar-refractivity contribution >= 4 is 18.5 Å². The van der Waals surface area contributed by atoms with E-state index in [4.69, 9.17) is 0 Å². The van der Waals surface area contributed by atoms with E-state index < -0.39 is 0 Å². The monoisotopic (exact) mass is 173 g/mol. The molecule has 0 radical (unpaired) electrons. The highest BCUT2D eigenvalue weighted by atomic mass is 32.1. The van der Waals surface area contributed by atoms with Crippen molar-refractivity contribution in [2.45, 2.75) is 25.6 Å². The second-order valence-corrected chi connectivity index (χ2v) is 4.06. The minimum absolute atomic E-state index is 0.127. The summed E-state index contributed by atoms with van der Waals surface area (Å²) in [6.45, 7) is 4.28. The molecule has 0 N–H and O–H groups in total. The molecule has 0 aliphatic carbocycles. The summed E-state index contributed by atoms with van der Waals surface area (Å²) in [5.41, 5.74) is 0. The van der Waals surface area contributed by atoms with Crippen molar-refractivity contribution in [3.63, 3.8) is 0 Å². The predicted octanol–water partition coefficient (Wildman–Crippen LogP) is 1.38. The number of hydrogen-bond donors (Lipinski definition) is 1. The van der Waals surface area contributed by atoms with Crippen LogP contribution in [0.2, 0.25) is 0 Å². The fraction of sp³-hybridized carbons (Fsp3) is 0.875.